The van der Waals surface area contributed by atoms with E-state index in [0.717, 1.165) is 69.5 Å². The van der Waals surface area contributed by atoms with E-state index in [2.05, 4.69) is 41.2 Å². The number of nitrogens with zero attached hydrogens (tertiary/aromatic N) is 2. The first-order valence-corrected chi connectivity index (χ1v) is 15.9. The van der Waals surface area contributed by atoms with Crippen LogP contribution in [0.1, 0.15) is 46.0 Å². The molecule has 6 aromatic rings. The lowest BCUT2D eigenvalue weighted by atomic mass is 9.91. The topological polar surface area (TPSA) is 140 Å². The predicted octanol–water partition coefficient (Wildman–Crippen LogP) is 6.99. The predicted molar refractivity (Wildman–Crippen MR) is 189 cm³/mol. The van der Waals surface area contributed by atoms with E-state index >= 15 is 0 Å². The fourth-order valence-electron chi connectivity index (χ4n) is 6.22. The molecule has 0 radical (unpaired) electrons. The van der Waals surface area contributed by atoms with Crippen molar-refractivity contribution < 1.29 is 9.59 Å². The number of rotatable bonds is 6. The van der Waals surface area contributed by atoms with Gasteiger partial charge in [-0.25, -0.2) is 0 Å². The number of fused-ring (bicyclic) bond motifs is 2. The highest BCUT2D eigenvalue weighted by Gasteiger charge is 2.35. The van der Waals surface area contributed by atoms with Crippen molar-refractivity contribution in [1.82, 2.24) is 30.6 Å². The number of anilines is 4. The summed E-state index contributed by atoms with van der Waals surface area (Å²) in [4.78, 5) is 40.2. The van der Waals surface area contributed by atoms with Gasteiger partial charge in [0.05, 0.1) is 33.9 Å². The van der Waals surface area contributed by atoms with E-state index in [1.165, 1.54) is 0 Å². The van der Waals surface area contributed by atoms with Gasteiger partial charge in [0, 0.05) is 83.6 Å². The number of hydrogen-bond donors (Lipinski definition) is 6. The Labute approximate surface area is 278 Å². The molecule has 0 saturated heterocycles. The average Bonchev–Trinajstić information content (AvgIpc) is 3.65. The minimum atomic E-state index is -0.269. The third-order valence-corrected chi connectivity index (χ3v) is 8.36. The molecule has 0 aliphatic carbocycles. The number of H-pyrrole nitrogens is 2. The highest BCUT2D eigenvalue weighted by Crippen LogP contribution is 2.39. The number of aromatic amines is 2. The number of para-hydroxylation sites is 2. The molecule has 0 spiro atoms. The van der Waals surface area contributed by atoms with E-state index in [-0.39, 0.29) is 17.4 Å². The van der Waals surface area contributed by atoms with Gasteiger partial charge in [0.25, 0.3) is 11.8 Å². The smallest absolute Gasteiger partial charge is 0.255 e. The van der Waals surface area contributed by atoms with Crippen LogP contribution in [0.15, 0.2) is 110 Å². The number of hydrogen-bond acceptors (Lipinski definition) is 6. The SMILES string of the molecule is CC1(C)Cc2[nH]c(-c3ccncc3)c(Nc3ccccc3)c2C(=O)N1.O=C1NCCc2[nH]c(-c3ccncc3)c(Nc3ccccc3)c21. The maximum atomic E-state index is 12.8. The van der Waals surface area contributed by atoms with Crippen LogP contribution in [0, 0.1) is 0 Å². The third-order valence-electron chi connectivity index (χ3n) is 8.36. The van der Waals surface area contributed by atoms with Gasteiger partial charge in [0.1, 0.15) is 0 Å². The van der Waals surface area contributed by atoms with Crippen LogP contribution in [0.4, 0.5) is 22.7 Å². The van der Waals surface area contributed by atoms with Crippen molar-refractivity contribution in [1.29, 1.82) is 0 Å². The number of nitrogens with one attached hydrogen (secondary N) is 6. The molecule has 4 aromatic heterocycles. The van der Waals surface area contributed by atoms with Gasteiger partial charge in [0.2, 0.25) is 0 Å². The lowest BCUT2D eigenvalue weighted by Gasteiger charge is -2.30. The van der Waals surface area contributed by atoms with Crippen molar-refractivity contribution in [2.45, 2.75) is 32.2 Å². The van der Waals surface area contributed by atoms with Gasteiger partial charge < -0.3 is 31.2 Å². The minimum absolute atomic E-state index is 0.0405. The van der Waals surface area contributed by atoms with Gasteiger partial charge in [0.15, 0.2) is 0 Å². The molecule has 240 valence electrons. The van der Waals surface area contributed by atoms with E-state index in [0.29, 0.717) is 17.7 Å². The number of aromatic nitrogens is 4. The van der Waals surface area contributed by atoms with Crippen LogP contribution in [-0.2, 0) is 12.8 Å². The molecule has 2 aromatic carbocycles. The van der Waals surface area contributed by atoms with Crippen LogP contribution < -0.4 is 21.3 Å². The summed E-state index contributed by atoms with van der Waals surface area (Å²) < 4.78 is 0. The van der Waals surface area contributed by atoms with Crippen LogP contribution in [-0.4, -0.2) is 43.8 Å². The molecule has 10 nitrogen and oxygen atoms in total. The minimum Gasteiger partial charge on any atom is -0.356 e. The molecular weight excluding hydrogens is 600 g/mol. The number of carbonyl (C=O) groups excluding carboxylic acids is 2. The van der Waals surface area contributed by atoms with Crippen molar-refractivity contribution >= 4 is 34.6 Å². The maximum absolute atomic E-state index is 12.8. The lowest BCUT2D eigenvalue weighted by molar-refractivity contribution is 0.0896. The first-order valence-electron chi connectivity index (χ1n) is 15.9. The largest absolute Gasteiger partial charge is 0.356 e. The molecule has 6 heterocycles. The first kappa shape index (κ1) is 30.5. The summed E-state index contributed by atoms with van der Waals surface area (Å²) in [5, 5.41) is 12.8. The van der Waals surface area contributed by atoms with Crippen LogP contribution in [0.25, 0.3) is 22.5 Å². The first-order chi connectivity index (χ1) is 23.4. The summed E-state index contributed by atoms with van der Waals surface area (Å²) >= 11 is 0. The molecule has 0 unspecified atom stereocenters. The average molecular weight is 637 g/mol. The Morgan fingerprint density at radius 2 is 1.10 bits per heavy atom. The Bertz CT molecular complexity index is 2050. The molecule has 2 amide bonds. The van der Waals surface area contributed by atoms with Crippen LogP contribution in [0.2, 0.25) is 0 Å². The normalized spacial score (nSPS) is 14.4. The monoisotopic (exact) mass is 636 g/mol. The zero-order chi connectivity index (χ0) is 33.1. The Morgan fingerprint density at radius 1 is 0.625 bits per heavy atom. The zero-order valence-electron chi connectivity index (χ0n) is 26.7. The second-order valence-corrected chi connectivity index (χ2v) is 12.4. The summed E-state index contributed by atoms with van der Waals surface area (Å²) in [7, 11) is 0. The van der Waals surface area contributed by atoms with Gasteiger partial charge in [-0.3, -0.25) is 19.6 Å². The molecular formula is C38H36N8O2. The fourth-order valence-corrected chi connectivity index (χ4v) is 6.22. The number of amides is 2. The fraction of sp³-hybridized carbons (Fsp3) is 0.158. The number of carbonyl (C=O) groups is 2. The summed E-state index contributed by atoms with van der Waals surface area (Å²) in [5.41, 5.74) is 10.4. The van der Waals surface area contributed by atoms with Gasteiger partial charge in [-0.2, -0.15) is 0 Å². The molecule has 6 N–H and O–H groups in total. The highest BCUT2D eigenvalue weighted by molar-refractivity contribution is 6.07. The zero-order valence-corrected chi connectivity index (χ0v) is 26.7. The van der Waals surface area contributed by atoms with E-state index in [9.17, 15) is 9.59 Å². The lowest BCUT2D eigenvalue weighted by Crippen LogP contribution is -2.49. The van der Waals surface area contributed by atoms with Crippen LogP contribution in [0.5, 0.6) is 0 Å². The summed E-state index contributed by atoms with van der Waals surface area (Å²) in [6, 6.07) is 27.5. The summed E-state index contributed by atoms with van der Waals surface area (Å²) in [6.07, 6.45) is 8.57. The molecule has 0 saturated carbocycles. The van der Waals surface area contributed by atoms with Crippen molar-refractivity contribution in [2.24, 2.45) is 0 Å². The van der Waals surface area contributed by atoms with Crippen LogP contribution in [0.3, 0.4) is 0 Å². The van der Waals surface area contributed by atoms with Crippen molar-refractivity contribution in [3.8, 4) is 22.5 Å². The molecule has 2 aliphatic rings. The Kier molecular flexibility index (Phi) is 8.21. The van der Waals surface area contributed by atoms with Crippen molar-refractivity contribution in [2.75, 3.05) is 17.2 Å². The maximum Gasteiger partial charge on any atom is 0.255 e. The number of pyridine rings is 2. The molecule has 0 atom stereocenters. The van der Waals surface area contributed by atoms with E-state index < -0.39 is 0 Å². The summed E-state index contributed by atoms with van der Waals surface area (Å²) in [6.45, 7) is 4.73. The van der Waals surface area contributed by atoms with Gasteiger partial charge >= 0.3 is 0 Å². The second kappa shape index (κ2) is 12.9. The van der Waals surface area contributed by atoms with Gasteiger partial charge in [-0.1, -0.05) is 36.4 Å². The molecule has 10 heteroatoms. The Balaban J connectivity index is 0.000000152. The van der Waals surface area contributed by atoms with Gasteiger partial charge in [-0.05, 0) is 62.4 Å². The van der Waals surface area contributed by atoms with E-state index in [1.54, 1.807) is 24.8 Å². The molecule has 0 fully saturated rings. The second-order valence-electron chi connectivity index (χ2n) is 12.4. The van der Waals surface area contributed by atoms with Crippen molar-refractivity contribution in [3.63, 3.8) is 0 Å². The van der Waals surface area contributed by atoms with E-state index in [1.807, 2.05) is 98.8 Å². The summed E-state index contributed by atoms with van der Waals surface area (Å²) in [5.74, 6) is -0.0949. The van der Waals surface area contributed by atoms with Crippen LogP contribution >= 0.6 is 0 Å². The molecule has 2 aliphatic heterocycles. The van der Waals surface area contributed by atoms with E-state index in [4.69, 9.17) is 0 Å². The highest BCUT2D eigenvalue weighted by atomic mass is 16.2. The standard InChI is InChI=1S/C20H20N4O.C18H16N4O/c1-20(2)12-15-16(19(25)24-20)18(22-14-6-4-3-5-7-14)17(23-15)13-8-10-21-11-9-13;23-18-15-14(8-11-20-18)22-16(12-6-9-19-10-7-12)17(15)21-13-4-2-1-3-5-13/h3-11,22-23H,12H2,1-2H3,(H,24,25);1-7,9-10,21-22H,8,11H2,(H,20,23). The third kappa shape index (κ3) is 6.28. The molecule has 8 rings (SSSR count). The number of benzene rings is 2. The molecule has 0 bridgehead atoms. The molecule has 48 heavy (non-hydrogen) atoms. The van der Waals surface area contributed by atoms with Gasteiger partial charge in [-0.15, -0.1) is 0 Å². The van der Waals surface area contributed by atoms with Crippen molar-refractivity contribution in [3.05, 3.63) is 132 Å². The Morgan fingerprint density at radius 3 is 1.62 bits per heavy atom. The Hall–Kier alpha value is -6.16. The quantitative estimate of drug-likeness (QED) is 0.116.